The fraction of sp³-hybridized carbons (Fsp3) is 0.667. The number of aldehydes is 1. The molecule has 1 unspecified atom stereocenters. The lowest BCUT2D eigenvalue weighted by Crippen LogP contribution is -2.49. The minimum Gasteiger partial charge on any atom is -0.358 e. The van der Waals surface area contributed by atoms with Gasteiger partial charge in [-0.05, 0) is 85.0 Å². The van der Waals surface area contributed by atoms with Crippen LogP contribution < -0.4 is 16.4 Å². The summed E-state index contributed by atoms with van der Waals surface area (Å²) in [6.07, 6.45) is 2.17. The van der Waals surface area contributed by atoms with Crippen molar-refractivity contribution >= 4 is 28.9 Å². The second-order valence-corrected chi connectivity index (χ2v) is 10.1. The first-order valence-corrected chi connectivity index (χ1v) is 14.6. The van der Waals surface area contributed by atoms with Crippen LogP contribution in [-0.4, -0.2) is 64.3 Å². The average Bonchev–Trinajstić information content (AvgIpc) is 3.31. The van der Waals surface area contributed by atoms with E-state index in [9.17, 15) is 18.0 Å². The van der Waals surface area contributed by atoms with E-state index in [1.807, 2.05) is 32.6 Å². The maximum Gasteiger partial charge on any atom is 0.416 e. The van der Waals surface area contributed by atoms with Crippen molar-refractivity contribution in [2.45, 2.75) is 117 Å². The zero-order valence-corrected chi connectivity index (χ0v) is 26.2. The van der Waals surface area contributed by atoms with E-state index >= 15 is 0 Å². The first-order valence-electron chi connectivity index (χ1n) is 14.6. The van der Waals surface area contributed by atoms with Gasteiger partial charge in [-0.2, -0.15) is 13.2 Å². The highest BCUT2D eigenvalue weighted by atomic mass is 19.4. The topological polar surface area (TPSA) is 113 Å². The number of alkyl halides is 3. The lowest BCUT2D eigenvalue weighted by Gasteiger charge is -2.37. The number of nitrogens with two attached hydrogens (primary N) is 1. The minimum atomic E-state index is -4.46. The van der Waals surface area contributed by atoms with E-state index in [2.05, 4.69) is 47.1 Å². The number of rotatable bonds is 4. The van der Waals surface area contributed by atoms with Crippen molar-refractivity contribution < 1.29 is 22.8 Å². The molecule has 2 aliphatic rings. The van der Waals surface area contributed by atoms with Crippen molar-refractivity contribution in [2.24, 2.45) is 5.73 Å². The molecule has 1 aromatic heterocycles. The molecule has 2 fully saturated rings. The van der Waals surface area contributed by atoms with Crippen molar-refractivity contribution in [2.75, 3.05) is 18.9 Å². The number of halogens is 3. The average molecular weight is 585 g/mol. The van der Waals surface area contributed by atoms with Crippen LogP contribution in [0.15, 0.2) is 24.5 Å². The van der Waals surface area contributed by atoms with E-state index < -0.39 is 17.8 Å². The molecule has 1 amide bonds. The molecule has 0 radical (unpaired) electrons. The highest BCUT2D eigenvalue weighted by Gasteiger charge is 2.38. The molecule has 11 heteroatoms. The summed E-state index contributed by atoms with van der Waals surface area (Å²) in [7, 11) is 1.50. The van der Waals surface area contributed by atoms with Crippen LogP contribution in [0.5, 0.6) is 0 Å². The number of likely N-dealkylation sites (tertiary alicyclic amines) is 1. The third-order valence-electron chi connectivity index (χ3n) is 6.29. The van der Waals surface area contributed by atoms with Crippen molar-refractivity contribution in [1.29, 1.82) is 0 Å². The van der Waals surface area contributed by atoms with Gasteiger partial charge in [0.1, 0.15) is 24.5 Å². The quantitative estimate of drug-likeness (QED) is 0.367. The van der Waals surface area contributed by atoms with Crippen LogP contribution in [0.4, 0.5) is 19.0 Å². The third kappa shape index (κ3) is 11.9. The Morgan fingerprint density at radius 3 is 2.05 bits per heavy atom. The highest BCUT2D eigenvalue weighted by molar-refractivity contribution is 5.93. The van der Waals surface area contributed by atoms with Crippen molar-refractivity contribution in [3.63, 3.8) is 0 Å². The number of nitrogens with zero attached hydrogens (tertiary/aromatic N) is 3. The van der Waals surface area contributed by atoms with Crippen LogP contribution in [-0.2, 0) is 15.8 Å². The lowest BCUT2D eigenvalue weighted by atomic mass is 9.89. The number of fused-ring (bicyclic) bond motifs is 1. The molecule has 0 bridgehead atoms. The highest BCUT2D eigenvalue weighted by Crippen LogP contribution is 2.33. The molecule has 1 aliphatic carbocycles. The molecule has 1 atom stereocenters. The molecule has 1 aliphatic heterocycles. The van der Waals surface area contributed by atoms with Gasteiger partial charge in [0.25, 0.3) is 0 Å². The first-order chi connectivity index (χ1) is 19.4. The monoisotopic (exact) mass is 584 g/mol. The summed E-state index contributed by atoms with van der Waals surface area (Å²) < 4.78 is 39.5. The molecule has 234 valence electrons. The first kappa shape index (κ1) is 38.2. The largest absolute Gasteiger partial charge is 0.416 e. The van der Waals surface area contributed by atoms with Gasteiger partial charge >= 0.3 is 6.18 Å². The van der Waals surface area contributed by atoms with E-state index in [0.29, 0.717) is 24.5 Å². The van der Waals surface area contributed by atoms with Gasteiger partial charge in [-0.15, -0.1) is 0 Å². The SMILES string of the molecule is CC.CC.CC(C)(C)NC1CCC(N2CCC(Nc3ncnc4ccc(C(F)(F)F)cc34)C2=O)CC1.CC=O.CN. The van der Waals surface area contributed by atoms with Gasteiger partial charge in [-0.3, -0.25) is 4.79 Å². The molecule has 8 nitrogen and oxygen atoms in total. The van der Waals surface area contributed by atoms with Crippen LogP contribution >= 0.6 is 0 Å². The Morgan fingerprint density at radius 2 is 1.54 bits per heavy atom. The number of carbonyl (C=O) groups is 2. The smallest absolute Gasteiger partial charge is 0.358 e. The Balaban J connectivity index is 0.00000161. The van der Waals surface area contributed by atoms with Crippen molar-refractivity contribution in [3.8, 4) is 0 Å². The van der Waals surface area contributed by atoms with Gasteiger partial charge in [0.2, 0.25) is 5.91 Å². The van der Waals surface area contributed by atoms with Crippen molar-refractivity contribution in [1.82, 2.24) is 20.2 Å². The van der Waals surface area contributed by atoms with E-state index in [4.69, 9.17) is 4.79 Å². The van der Waals surface area contributed by atoms with Gasteiger partial charge in [0, 0.05) is 29.6 Å². The Kier molecular flexibility index (Phi) is 17.3. The second-order valence-electron chi connectivity index (χ2n) is 10.1. The fourth-order valence-electron chi connectivity index (χ4n) is 4.86. The Labute approximate surface area is 244 Å². The van der Waals surface area contributed by atoms with Gasteiger partial charge < -0.3 is 26.1 Å². The normalized spacial score (nSPS) is 20.2. The van der Waals surface area contributed by atoms with Crippen LogP contribution in [0.25, 0.3) is 10.9 Å². The standard InChI is InChI=1S/C23H30F3N5O.C2H4O.2C2H6.CH5N/c1-22(2,3)30-15-5-7-16(8-6-15)31-11-10-19(21(31)32)29-20-17-12-14(23(24,25)26)4-9-18(17)27-13-28-20;1-2-3;3*1-2/h4,9,12-13,15-16,19,30H,5-8,10-11H2,1-3H3,(H,27,28,29);2H,1H3;2*1-2H3;2H2,1H3. The number of aromatic nitrogens is 2. The molecule has 1 saturated heterocycles. The molecular weight excluding hydrogens is 533 g/mol. The van der Waals surface area contributed by atoms with Crippen LogP contribution in [0, 0.1) is 0 Å². The third-order valence-corrected chi connectivity index (χ3v) is 6.29. The van der Waals surface area contributed by atoms with Crippen molar-refractivity contribution in [3.05, 3.63) is 30.1 Å². The number of anilines is 1. The van der Waals surface area contributed by atoms with Gasteiger partial charge in [-0.1, -0.05) is 27.7 Å². The molecule has 2 aromatic rings. The predicted molar refractivity (Wildman–Crippen MR) is 162 cm³/mol. The number of hydrogen-bond donors (Lipinski definition) is 3. The van der Waals surface area contributed by atoms with Crippen LogP contribution in [0.1, 0.15) is 93.1 Å². The second kappa shape index (κ2) is 18.6. The summed E-state index contributed by atoms with van der Waals surface area (Å²) in [5.41, 5.74) is 4.22. The Hall–Kier alpha value is -2.79. The number of carbonyl (C=O) groups excluding carboxylic acids is 2. The van der Waals surface area contributed by atoms with Gasteiger partial charge in [0.05, 0.1) is 11.1 Å². The summed E-state index contributed by atoms with van der Waals surface area (Å²) in [4.78, 5) is 32.1. The molecule has 2 heterocycles. The Morgan fingerprint density at radius 1 is 0.976 bits per heavy atom. The number of nitrogens with one attached hydrogen (secondary N) is 2. The van der Waals surface area contributed by atoms with E-state index in [0.717, 1.165) is 44.1 Å². The summed E-state index contributed by atoms with van der Waals surface area (Å²) >= 11 is 0. The Bertz CT molecular complexity index is 1040. The molecule has 1 saturated carbocycles. The summed E-state index contributed by atoms with van der Waals surface area (Å²) in [5, 5.41) is 7.01. The molecular formula is C30H51F3N6O2. The zero-order valence-electron chi connectivity index (χ0n) is 26.2. The fourth-order valence-corrected chi connectivity index (χ4v) is 4.86. The number of hydrogen-bond acceptors (Lipinski definition) is 7. The van der Waals surface area contributed by atoms with Crippen LogP contribution in [0.3, 0.4) is 0 Å². The summed E-state index contributed by atoms with van der Waals surface area (Å²) in [5.74, 6) is 0.260. The van der Waals surface area contributed by atoms with Gasteiger partial charge in [-0.25, -0.2) is 9.97 Å². The molecule has 4 rings (SSSR count). The lowest BCUT2D eigenvalue weighted by molar-refractivity contribution is -0.137. The number of benzene rings is 1. The summed E-state index contributed by atoms with van der Waals surface area (Å²) in [6, 6.07) is 3.57. The van der Waals surface area contributed by atoms with Crippen LogP contribution in [0.2, 0.25) is 0 Å². The molecule has 0 spiro atoms. The molecule has 1 aromatic carbocycles. The minimum absolute atomic E-state index is 0.00373. The number of amides is 1. The maximum atomic E-state index is 13.2. The van der Waals surface area contributed by atoms with E-state index in [-0.39, 0.29) is 28.7 Å². The van der Waals surface area contributed by atoms with E-state index in [1.165, 1.54) is 26.4 Å². The zero-order chi connectivity index (χ0) is 31.8. The van der Waals surface area contributed by atoms with E-state index in [1.54, 1.807) is 0 Å². The maximum absolute atomic E-state index is 13.2. The predicted octanol–water partition coefficient (Wildman–Crippen LogP) is 6.19. The van der Waals surface area contributed by atoms with Gasteiger partial charge in [0.15, 0.2) is 0 Å². The summed E-state index contributed by atoms with van der Waals surface area (Å²) in [6.45, 7) is 16.6. The molecule has 41 heavy (non-hydrogen) atoms. The molecule has 4 N–H and O–H groups in total.